The lowest BCUT2D eigenvalue weighted by atomic mass is 10.0. The Bertz CT molecular complexity index is 1600. The lowest BCUT2D eigenvalue weighted by molar-refractivity contribution is -0.131. The first-order valence-corrected chi connectivity index (χ1v) is 15.6. The summed E-state index contributed by atoms with van der Waals surface area (Å²) >= 11 is 6.68. The van der Waals surface area contributed by atoms with Gasteiger partial charge in [0.15, 0.2) is 5.83 Å². The highest BCUT2D eigenvalue weighted by Crippen LogP contribution is 2.37. The molecule has 9 nitrogen and oxygen atoms in total. The highest BCUT2D eigenvalue weighted by Gasteiger charge is 2.36. The fourth-order valence-corrected chi connectivity index (χ4v) is 6.60. The third-order valence-corrected chi connectivity index (χ3v) is 9.06. The van der Waals surface area contributed by atoms with Crippen LogP contribution in [0.4, 0.5) is 15.9 Å². The van der Waals surface area contributed by atoms with Crippen LogP contribution in [0.3, 0.4) is 0 Å². The van der Waals surface area contributed by atoms with Crippen LogP contribution in [0.2, 0.25) is 5.02 Å². The number of aromatic nitrogens is 2. The highest BCUT2D eigenvalue weighted by molar-refractivity contribution is 6.36. The van der Waals surface area contributed by atoms with Gasteiger partial charge in [0.2, 0.25) is 6.54 Å². The fourth-order valence-electron chi connectivity index (χ4n) is 6.32. The van der Waals surface area contributed by atoms with E-state index in [1.807, 2.05) is 18.2 Å². The molecule has 2 aromatic carbocycles. The van der Waals surface area contributed by atoms with E-state index in [1.54, 1.807) is 0 Å². The topological polar surface area (TPSA) is 69.4 Å². The average molecular weight is 618 g/mol. The van der Waals surface area contributed by atoms with E-state index in [0.29, 0.717) is 43.7 Å². The molecule has 3 heterocycles. The van der Waals surface area contributed by atoms with Crippen molar-refractivity contribution >= 4 is 39.8 Å². The van der Waals surface area contributed by atoms with Gasteiger partial charge >= 0.3 is 6.01 Å². The van der Waals surface area contributed by atoms with Crippen molar-refractivity contribution < 1.29 is 13.9 Å². The molecule has 1 saturated heterocycles. The summed E-state index contributed by atoms with van der Waals surface area (Å²) < 4.78 is 20.0. The van der Waals surface area contributed by atoms with Gasteiger partial charge < -0.3 is 29.2 Å². The van der Waals surface area contributed by atoms with E-state index >= 15 is 0 Å². The van der Waals surface area contributed by atoms with Gasteiger partial charge in [-0.15, -0.1) is 0 Å². The Morgan fingerprint density at radius 1 is 1.18 bits per heavy atom. The summed E-state index contributed by atoms with van der Waals surface area (Å²) in [4.78, 5) is 34.0. The smallest absolute Gasteiger partial charge is 0.318 e. The van der Waals surface area contributed by atoms with Crippen molar-refractivity contribution in [1.82, 2.24) is 19.8 Å². The number of piperazine rings is 1. The maximum atomic E-state index is 13.8. The zero-order chi connectivity index (χ0) is 30.8. The van der Waals surface area contributed by atoms with Crippen LogP contribution in [-0.4, -0.2) is 91.2 Å². The summed E-state index contributed by atoms with van der Waals surface area (Å²) in [5.41, 5.74) is 2.96. The molecule has 1 amide bonds. The fraction of sp³-hybridized carbons (Fsp3) is 0.455. The lowest BCUT2D eigenvalue weighted by Gasteiger charge is -2.41. The first-order valence-electron chi connectivity index (χ1n) is 15.2. The number of ether oxygens (including phenoxy) is 1. The second kappa shape index (κ2) is 13.0. The maximum absolute atomic E-state index is 13.8. The van der Waals surface area contributed by atoms with Crippen molar-refractivity contribution in [2.45, 2.75) is 31.8 Å². The Morgan fingerprint density at radius 2 is 1.98 bits per heavy atom. The monoisotopic (exact) mass is 617 g/mol. The third kappa shape index (κ3) is 6.44. The second-order valence-electron chi connectivity index (χ2n) is 11.9. The van der Waals surface area contributed by atoms with Gasteiger partial charge in [-0.2, -0.15) is 9.97 Å². The largest absolute Gasteiger partial charge is 0.462 e. The Kier molecular flexibility index (Phi) is 8.87. The van der Waals surface area contributed by atoms with Gasteiger partial charge in [0.05, 0.1) is 17.3 Å². The summed E-state index contributed by atoms with van der Waals surface area (Å²) in [7, 11) is 2.11. The molecule has 2 fully saturated rings. The van der Waals surface area contributed by atoms with E-state index in [4.69, 9.17) is 32.9 Å². The predicted octanol–water partition coefficient (Wildman–Crippen LogP) is 4.99. The van der Waals surface area contributed by atoms with Crippen LogP contribution in [-0.2, 0) is 17.8 Å². The minimum absolute atomic E-state index is 0.0646. The number of halogens is 2. The van der Waals surface area contributed by atoms with Gasteiger partial charge in [-0.1, -0.05) is 42.4 Å². The summed E-state index contributed by atoms with van der Waals surface area (Å²) in [5, 5.41) is 2.81. The molecule has 1 saturated carbocycles. The summed E-state index contributed by atoms with van der Waals surface area (Å²) in [6.45, 7) is 15.4. The molecule has 3 aromatic rings. The van der Waals surface area contributed by atoms with Gasteiger partial charge in [-0.25, -0.2) is 11.0 Å². The van der Waals surface area contributed by atoms with E-state index in [9.17, 15) is 9.18 Å². The van der Waals surface area contributed by atoms with Crippen LogP contribution >= 0.6 is 11.6 Å². The molecule has 0 bridgehead atoms. The molecular weight excluding hydrogens is 581 g/mol. The number of hydrogen-bond acceptors (Lipinski definition) is 7. The van der Waals surface area contributed by atoms with Gasteiger partial charge in [0.1, 0.15) is 18.5 Å². The van der Waals surface area contributed by atoms with Crippen molar-refractivity contribution in [3.8, 4) is 6.01 Å². The molecule has 230 valence electrons. The van der Waals surface area contributed by atoms with Crippen LogP contribution in [0, 0.1) is 12.5 Å². The molecule has 11 heteroatoms. The Labute approximate surface area is 262 Å². The second-order valence-corrected chi connectivity index (χ2v) is 12.3. The number of nitrogens with zero attached hydrogens (tertiary/aromatic N) is 7. The van der Waals surface area contributed by atoms with Gasteiger partial charge in [-0.3, -0.25) is 4.79 Å². The number of hydrogen-bond donors (Lipinski definition) is 0. The molecule has 1 atom stereocenters. The minimum Gasteiger partial charge on any atom is -0.462 e. The molecule has 1 aliphatic carbocycles. The summed E-state index contributed by atoms with van der Waals surface area (Å²) in [6.07, 6.45) is 3.30. The molecule has 0 radical (unpaired) electrons. The van der Waals surface area contributed by atoms with Crippen molar-refractivity contribution in [1.29, 1.82) is 0 Å². The lowest BCUT2D eigenvalue weighted by Crippen LogP contribution is -2.57. The number of carbonyl (C=O) groups excluding carboxylic acids is 1. The number of benzene rings is 2. The number of likely N-dealkylation sites (N-methyl/N-ethyl adjacent to an activating group) is 1. The predicted molar refractivity (Wildman–Crippen MR) is 171 cm³/mol. The first-order chi connectivity index (χ1) is 21.3. The zero-order valence-electron chi connectivity index (χ0n) is 25.0. The van der Waals surface area contributed by atoms with Crippen molar-refractivity contribution in [3.63, 3.8) is 0 Å². The molecular formula is C33H37ClFN7O2. The van der Waals surface area contributed by atoms with E-state index in [-0.39, 0.29) is 13.1 Å². The normalized spacial score (nSPS) is 18.3. The van der Waals surface area contributed by atoms with E-state index < -0.39 is 17.8 Å². The Hall–Kier alpha value is -3.94. The first kappa shape index (κ1) is 30.1. The summed E-state index contributed by atoms with van der Waals surface area (Å²) in [5.74, 6) is -0.215. The Balaban J connectivity index is 1.30. The van der Waals surface area contributed by atoms with E-state index in [2.05, 4.69) is 51.4 Å². The molecule has 0 unspecified atom stereocenters. The van der Waals surface area contributed by atoms with E-state index in [0.717, 1.165) is 59.1 Å². The summed E-state index contributed by atoms with van der Waals surface area (Å²) in [6, 6.07) is 12.0. The number of rotatable bonds is 10. The van der Waals surface area contributed by atoms with Crippen LogP contribution in [0.25, 0.3) is 15.6 Å². The number of amides is 1. The maximum Gasteiger partial charge on any atom is 0.318 e. The SMILES string of the molecule is [C-]#[N+]C[C@H]1CN(c2nc(OCCN(C)CC3CC3)nc3c2CCN(c2cccc4cccc(Cl)c24)C3)CCN1C(=O)C(=C)F. The van der Waals surface area contributed by atoms with Gasteiger partial charge in [0.25, 0.3) is 5.91 Å². The molecule has 3 aliphatic rings. The van der Waals surface area contributed by atoms with Crippen molar-refractivity contribution in [2.24, 2.45) is 5.92 Å². The van der Waals surface area contributed by atoms with Crippen LogP contribution in [0.15, 0.2) is 48.8 Å². The molecule has 2 aliphatic heterocycles. The molecule has 44 heavy (non-hydrogen) atoms. The molecule has 1 aromatic heterocycles. The van der Waals surface area contributed by atoms with Crippen LogP contribution in [0.1, 0.15) is 24.1 Å². The number of fused-ring (bicyclic) bond motifs is 2. The van der Waals surface area contributed by atoms with Gasteiger partial charge in [-0.05, 0) is 49.7 Å². The van der Waals surface area contributed by atoms with Crippen molar-refractivity contribution in [3.05, 3.63) is 76.5 Å². The standard InChI is InChI=1S/C33H37ClFN7O2/c1-22(35)32(43)42-15-14-41(20-25(42)18-36-2)31-26-12-13-40(29-9-5-7-24-6-4-8-27(34)30(24)29)21-28(26)37-33(38-31)44-17-16-39(3)19-23-10-11-23/h4-9,23,25H,1,10-21H2,3H3/t25-/m0/s1. The molecule has 6 rings (SSSR count). The highest BCUT2D eigenvalue weighted by atomic mass is 35.5. The van der Waals surface area contributed by atoms with Crippen molar-refractivity contribution in [2.75, 3.05) is 69.3 Å². The number of anilines is 2. The zero-order valence-corrected chi connectivity index (χ0v) is 25.8. The third-order valence-electron chi connectivity index (χ3n) is 8.74. The van der Waals surface area contributed by atoms with Crippen LogP contribution in [0.5, 0.6) is 6.01 Å². The quantitative estimate of drug-likeness (QED) is 0.235. The molecule has 0 N–H and O–H groups in total. The average Bonchev–Trinajstić information content (AvgIpc) is 3.84. The molecule has 0 spiro atoms. The number of carbonyl (C=O) groups is 1. The van der Waals surface area contributed by atoms with Crippen LogP contribution < -0.4 is 14.5 Å². The Morgan fingerprint density at radius 3 is 2.73 bits per heavy atom. The van der Waals surface area contributed by atoms with Gasteiger partial charge in [0, 0.05) is 55.9 Å². The minimum atomic E-state index is -1.01. The van der Waals surface area contributed by atoms with E-state index in [1.165, 1.54) is 17.7 Å².